The van der Waals surface area contributed by atoms with Crippen molar-refractivity contribution in [3.8, 4) is 0 Å². The maximum Gasteiger partial charge on any atom is 0.410 e. The second kappa shape index (κ2) is 7.32. The predicted molar refractivity (Wildman–Crippen MR) is 99.6 cm³/mol. The molecule has 0 N–H and O–H groups in total. The highest BCUT2D eigenvalue weighted by molar-refractivity contribution is 5.69. The first-order valence-electron chi connectivity index (χ1n) is 9.40. The SMILES string of the molecule is CC(=O)OC1C[C@@H](C)c2c1ncnc2N1CCN(C(=O)OC(C)(C)C)CC1. The average molecular weight is 376 g/mol. The highest BCUT2D eigenvalue weighted by Gasteiger charge is 2.37. The first-order chi connectivity index (χ1) is 12.7. The second-order valence-corrected chi connectivity index (χ2v) is 8.19. The van der Waals surface area contributed by atoms with Gasteiger partial charge in [-0.1, -0.05) is 6.92 Å². The van der Waals surface area contributed by atoms with Crippen LogP contribution >= 0.6 is 0 Å². The van der Waals surface area contributed by atoms with Crippen LogP contribution in [0.5, 0.6) is 0 Å². The van der Waals surface area contributed by atoms with Crippen LogP contribution < -0.4 is 4.90 Å². The summed E-state index contributed by atoms with van der Waals surface area (Å²) in [7, 11) is 0. The molecule has 2 atom stereocenters. The highest BCUT2D eigenvalue weighted by Crippen LogP contribution is 2.44. The van der Waals surface area contributed by atoms with Crippen LogP contribution in [0.4, 0.5) is 10.6 Å². The van der Waals surface area contributed by atoms with Gasteiger partial charge in [0.1, 0.15) is 23.9 Å². The molecule has 1 unspecified atom stereocenters. The Kier molecular flexibility index (Phi) is 5.26. The number of fused-ring (bicyclic) bond motifs is 1. The topological polar surface area (TPSA) is 84.9 Å². The fraction of sp³-hybridized carbons (Fsp3) is 0.684. The molecule has 2 aliphatic rings. The summed E-state index contributed by atoms with van der Waals surface area (Å²) in [5.74, 6) is 0.793. The lowest BCUT2D eigenvalue weighted by Gasteiger charge is -2.37. The molecule has 1 saturated heterocycles. The quantitative estimate of drug-likeness (QED) is 0.734. The molecule has 0 spiro atoms. The summed E-state index contributed by atoms with van der Waals surface area (Å²) in [6, 6.07) is 0. The average Bonchev–Trinajstić information content (AvgIpc) is 2.89. The Labute approximate surface area is 159 Å². The smallest absolute Gasteiger partial charge is 0.410 e. The van der Waals surface area contributed by atoms with Crippen LogP contribution in [0.1, 0.15) is 64.3 Å². The third-order valence-electron chi connectivity index (χ3n) is 4.80. The van der Waals surface area contributed by atoms with E-state index >= 15 is 0 Å². The largest absolute Gasteiger partial charge is 0.456 e. The van der Waals surface area contributed by atoms with Crippen LogP contribution in [0.2, 0.25) is 0 Å². The van der Waals surface area contributed by atoms with Gasteiger partial charge in [0.2, 0.25) is 0 Å². The Hall–Kier alpha value is -2.38. The number of ether oxygens (including phenoxy) is 2. The molecule has 8 heteroatoms. The lowest BCUT2D eigenvalue weighted by molar-refractivity contribution is -0.146. The summed E-state index contributed by atoms with van der Waals surface area (Å²) in [5, 5.41) is 0. The zero-order chi connectivity index (χ0) is 19.8. The van der Waals surface area contributed by atoms with Gasteiger partial charge in [0.25, 0.3) is 0 Å². The number of hydrogen-bond acceptors (Lipinski definition) is 7. The van der Waals surface area contributed by atoms with Crippen LogP contribution in [-0.4, -0.2) is 58.7 Å². The van der Waals surface area contributed by atoms with Gasteiger partial charge in [-0.3, -0.25) is 4.79 Å². The lowest BCUT2D eigenvalue weighted by atomic mass is 10.1. The van der Waals surface area contributed by atoms with E-state index in [0.29, 0.717) is 26.2 Å². The second-order valence-electron chi connectivity index (χ2n) is 8.19. The zero-order valence-electron chi connectivity index (χ0n) is 16.7. The van der Waals surface area contributed by atoms with Gasteiger partial charge >= 0.3 is 12.1 Å². The Balaban J connectivity index is 1.72. The van der Waals surface area contributed by atoms with E-state index in [1.165, 1.54) is 13.3 Å². The molecule has 1 amide bonds. The number of carbonyl (C=O) groups excluding carboxylic acids is 2. The summed E-state index contributed by atoms with van der Waals surface area (Å²) >= 11 is 0. The van der Waals surface area contributed by atoms with E-state index in [-0.39, 0.29) is 24.1 Å². The van der Waals surface area contributed by atoms with Gasteiger partial charge in [-0.2, -0.15) is 0 Å². The molecule has 0 saturated carbocycles. The number of amides is 1. The molecule has 1 aromatic rings. The van der Waals surface area contributed by atoms with Crippen molar-refractivity contribution < 1.29 is 19.1 Å². The number of carbonyl (C=O) groups is 2. The van der Waals surface area contributed by atoms with E-state index < -0.39 is 5.60 Å². The summed E-state index contributed by atoms with van der Waals surface area (Å²) in [5.41, 5.74) is 1.36. The Morgan fingerprint density at radius 1 is 1.15 bits per heavy atom. The van der Waals surface area contributed by atoms with Crippen LogP contribution in [0.3, 0.4) is 0 Å². The van der Waals surface area contributed by atoms with E-state index in [4.69, 9.17) is 9.47 Å². The molecule has 0 radical (unpaired) electrons. The van der Waals surface area contributed by atoms with Crippen molar-refractivity contribution in [3.63, 3.8) is 0 Å². The van der Waals surface area contributed by atoms with Gasteiger partial charge in [0.05, 0.1) is 5.69 Å². The summed E-state index contributed by atoms with van der Waals surface area (Å²) in [6.45, 7) is 11.6. The predicted octanol–water partition coefficient (Wildman–Crippen LogP) is 2.65. The van der Waals surface area contributed by atoms with Gasteiger partial charge in [-0.15, -0.1) is 0 Å². The third kappa shape index (κ3) is 4.31. The van der Waals surface area contributed by atoms with Crippen LogP contribution in [0, 0.1) is 0 Å². The molecule has 8 nitrogen and oxygen atoms in total. The minimum Gasteiger partial charge on any atom is -0.456 e. The normalized spacial score (nSPS) is 22.4. The fourth-order valence-corrected chi connectivity index (χ4v) is 3.66. The van der Waals surface area contributed by atoms with Gasteiger partial charge in [0, 0.05) is 38.7 Å². The Bertz CT molecular complexity index is 723. The van der Waals surface area contributed by atoms with Gasteiger partial charge in [-0.25, -0.2) is 14.8 Å². The van der Waals surface area contributed by atoms with Crippen molar-refractivity contribution in [1.82, 2.24) is 14.9 Å². The van der Waals surface area contributed by atoms with Crippen molar-refractivity contribution in [3.05, 3.63) is 17.6 Å². The molecule has 2 heterocycles. The van der Waals surface area contributed by atoms with Gasteiger partial charge in [-0.05, 0) is 33.1 Å². The van der Waals surface area contributed by atoms with Gasteiger partial charge < -0.3 is 19.3 Å². The van der Waals surface area contributed by atoms with E-state index in [2.05, 4.69) is 21.8 Å². The number of rotatable bonds is 2. The van der Waals surface area contributed by atoms with Crippen LogP contribution in [-0.2, 0) is 14.3 Å². The minimum absolute atomic E-state index is 0.212. The molecule has 1 fully saturated rings. The van der Waals surface area contributed by atoms with Crippen molar-refractivity contribution in [2.24, 2.45) is 0 Å². The minimum atomic E-state index is -0.497. The van der Waals surface area contributed by atoms with Crippen molar-refractivity contribution in [1.29, 1.82) is 0 Å². The van der Waals surface area contributed by atoms with Crippen molar-refractivity contribution in [2.75, 3.05) is 31.1 Å². The molecule has 0 aromatic carbocycles. The first-order valence-corrected chi connectivity index (χ1v) is 9.40. The first kappa shape index (κ1) is 19.4. The molecule has 1 aromatic heterocycles. The highest BCUT2D eigenvalue weighted by atomic mass is 16.6. The van der Waals surface area contributed by atoms with Crippen LogP contribution in [0.25, 0.3) is 0 Å². The van der Waals surface area contributed by atoms with Crippen molar-refractivity contribution >= 4 is 17.9 Å². The number of hydrogen-bond donors (Lipinski definition) is 0. The Morgan fingerprint density at radius 2 is 1.81 bits per heavy atom. The van der Waals surface area contributed by atoms with E-state index in [1.807, 2.05) is 20.8 Å². The third-order valence-corrected chi connectivity index (χ3v) is 4.80. The number of piperazine rings is 1. The van der Waals surface area contributed by atoms with Gasteiger partial charge in [0.15, 0.2) is 0 Å². The number of nitrogens with zero attached hydrogens (tertiary/aromatic N) is 4. The van der Waals surface area contributed by atoms with Crippen molar-refractivity contribution in [2.45, 2.75) is 58.7 Å². The maximum absolute atomic E-state index is 12.3. The molecule has 1 aliphatic carbocycles. The fourth-order valence-electron chi connectivity index (χ4n) is 3.66. The molecule has 1 aliphatic heterocycles. The molecular weight excluding hydrogens is 348 g/mol. The number of aromatic nitrogens is 2. The molecule has 148 valence electrons. The zero-order valence-corrected chi connectivity index (χ0v) is 16.7. The molecular formula is C19H28N4O4. The molecule has 0 bridgehead atoms. The lowest BCUT2D eigenvalue weighted by Crippen LogP contribution is -2.50. The van der Waals surface area contributed by atoms with Crippen LogP contribution in [0.15, 0.2) is 6.33 Å². The summed E-state index contributed by atoms with van der Waals surface area (Å²) in [6.07, 6.45) is 1.66. The summed E-state index contributed by atoms with van der Waals surface area (Å²) < 4.78 is 10.9. The molecule has 3 rings (SSSR count). The molecule has 27 heavy (non-hydrogen) atoms. The monoisotopic (exact) mass is 376 g/mol. The van der Waals surface area contributed by atoms with E-state index in [0.717, 1.165) is 23.5 Å². The van der Waals surface area contributed by atoms with E-state index in [1.54, 1.807) is 4.90 Å². The number of anilines is 1. The van der Waals surface area contributed by atoms with E-state index in [9.17, 15) is 9.59 Å². The Morgan fingerprint density at radius 3 is 2.41 bits per heavy atom. The summed E-state index contributed by atoms with van der Waals surface area (Å²) in [4.78, 5) is 36.4. The standard InChI is InChI=1S/C19H28N4O4/c1-12-10-14(26-13(2)24)16-15(12)17(21-11-20-16)22-6-8-23(9-7-22)18(25)27-19(3,4)5/h11-12,14H,6-10H2,1-5H3/t12-,14?/m1/s1. The number of esters is 1. The maximum atomic E-state index is 12.3.